The molecular formula is C11H14FN5. The number of tetrazole rings is 1. The fourth-order valence-electron chi connectivity index (χ4n) is 1.62. The van der Waals surface area contributed by atoms with Crippen LogP contribution in [0.25, 0.3) is 0 Å². The van der Waals surface area contributed by atoms with E-state index in [4.69, 9.17) is 5.73 Å². The number of nitrogens with two attached hydrogens (primary N) is 1. The van der Waals surface area contributed by atoms with Gasteiger partial charge in [-0.15, -0.1) is 5.10 Å². The third-order valence-electron chi connectivity index (χ3n) is 2.52. The van der Waals surface area contributed by atoms with Crippen molar-refractivity contribution in [2.24, 2.45) is 5.73 Å². The SMILES string of the molecule is CC(N)c1nnnn1CCc1ccccc1F. The van der Waals surface area contributed by atoms with Crippen LogP contribution in [-0.2, 0) is 13.0 Å². The number of rotatable bonds is 4. The maximum Gasteiger partial charge on any atom is 0.167 e. The smallest absolute Gasteiger partial charge is 0.167 e. The first kappa shape index (κ1) is 11.7. The summed E-state index contributed by atoms with van der Waals surface area (Å²) in [6.45, 7) is 2.33. The Bertz CT molecular complexity index is 494. The zero-order chi connectivity index (χ0) is 12.3. The first-order valence-corrected chi connectivity index (χ1v) is 5.43. The predicted octanol–water partition coefficient (Wildman–Crippen LogP) is 1.07. The number of hydrogen-bond donors (Lipinski definition) is 1. The Morgan fingerprint density at radius 1 is 1.41 bits per heavy atom. The predicted molar refractivity (Wildman–Crippen MR) is 60.5 cm³/mol. The molecule has 17 heavy (non-hydrogen) atoms. The summed E-state index contributed by atoms with van der Waals surface area (Å²) >= 11 is 0. The van der Waals surface area contributed by atoms with Gasteiger partial charge in [0.2, 0.25) is 0 Å². The van der Waals surface area contributed by atoms with Crippen molar-refractivity contribution in [3.05, 3.63) is 41.5 Å². The van der Waals surface area contributed by atoms with Crippen LogP contribution in [0.15, 0.2) is 24.3 Å². The van der Waals surface area contributed by atoms with Gasteiger partial charge in [0.25, 0.3) is 0 Å². The Hall–Kier alpha value is -1.82. The monoisotopic (exact) mass is 235 g/mol. The lowest BCUT2D eigenvalue weighted by Gasteiger charge is -2.07. The molecule has 0 spiro atoms. The van der Waals surface area contributed by atoms with Crippen molar-refractivity contribution in [1.82, 2.24) is 20.2 Å². The summed E-state index contributed by atoms with van der Waals surface area (Å²) in [5.74, 6) is 0.407. The van der Waals surface area contributed by atoms with Gasteiger partial charge in [-0.1, -0.05) is 18.2 Å². The number of aromatic nitrogens is 4. The zero-order valence-electron chi connectivity index (χ0n) is 9.55. The van der Waals surface area contributed by atoms with E-state index in [1.54, 1.807) is 16.8 Å². The van der Waals surface area contributed by atoms with E-state index in [0.29, 0.717) is 24.4 Å². The second kappa shape index (κ2) is 5.01. The lowest BCUT2D eigenvalue weighted by molar-refractivity contribution is 0.529. The summed E-state index contributed by atoms with van der Waals surface area (Å²) in [5, 5.41) is 11.2. The number of halogens is 1. The first-order valence-electron chi connectivity index (χ1n) is 5.43. The van der Waals surface area contributed by atoms with E-state index in [-0.39, 0.29) is 11.9 Å². The van der Waals surface area contributed by atoms with E-state index in [0.717, 1.165) is 0 Å². The standard InChI is InChI=1S/C11H14FN5/c1-8(13)11-14-15-16-17(11)7-6-9-4-2-3-5-10(9)12/h2-5,8H,6-7,13H2,1H3. The highest BCUT2D eigenvalue weighted by molar-refractivity contribution is 5.17. The van der Waals surface area contributed by atoms with Crippen molar-refractivity contribution in [1.29, 1.82) is 0 Å². The van der Waals surface area contributed by atoms with Crippen LogP contribution in [0.2, 0.25) is 0 Å². The van der Waals surface area contributed by atoms with Crippen molar-refractivity contribution >= 4 is 0 Å². The van der Waals surface area contributed by atoms with Gasteiger partial charge in [0.1, 0.15) is 5.82 Å². The van der Waals surface area contributed by atoms with Gasteiger partial charge < -0.3 is 5.73 Å². The molecule has 6 heteroatoms. The first-order chi connectivity index (χ1) is 8.18. The molecule has 0 aliphatic carbocycles. The third-order valence-corrected chi connectivity index (χ3v) is 2.52. The average Bonchev–Trinajstić information content (AvgIpc) is 2.76. The summed E-state index contributed by atoms with van der Waals surface area (Å²) in [5.41, 5.74) is 6.37. The molecule has 90 valence electrons. The Balaban J connectivity index is 2.08. The lowest BCUT2D eigenvalue weighted by Crippen LogP contribution is -2.15. The van der Waals surface area contributed by atoms with Crippen molar-refractivity contribution in [3.63, 3.8) is 0 Å². The van der Waals surface area contributed by atoms with E-state index >= 15 is 0 Å². The molecule has 2 rings (SSSR count). The maximum absolute atomic E-state index is 13.4. The van der Waals surface area contributed by atoms with Gasteiger partial charge in [-0.2, -0.15) is 0 Å². The van der Waals surface area contributed by atoms with Crippen LogP contribution in [0.5, 0.6) is 0 Å². The largest absolute Gasteiger partial charge is 0.322 e. The fraction of sp³-hybridized carbons (Fsp3) is 0.364. The van der Waals surface area contributed by atoms with Gasteiger partial charge in [-0.25, -0.2) is 9.07 Å². The Kier molecular flexibility index (Phi) is 3.43. The molecule has 0 fully saturated rings. The minimum atomic E-state index is -0.231. The molecule has 1 aromatic heterocycles. The van der Waals surface area contributed by atoms with Gasteiger partial charge >= 0.3 is 0 Å². The Morgan fingerprint density at radius 3 is 2.88 bits per heavy atom. The van der Waals surface area contributed by atoms with Crippen LogP contribution >= 0.6 is 0 Å². The van der Waals surface area contributed by atoms with Gasteiger partial charge in [0.15, 0.2) is 5.82 Å². The second-order valence-corrected chi connectivity index (χ2v) is 3.89. The average molecular weight is 235 g/mol. The Labute approximate surface area is 98.4 Å². The molecule has 0 saturated heterocycles. The lowest BCUT2D eigenvalue weighted by atomic mass is 10.1. The summed E-state index contributed by atoms with van der Waals surface area (Å²) in [6, 6.07) is 6.45. The maximum atomic E-state index is 13.4. The molecule has 1 atom stereocenters. The molecule has 5 nitrogen and oxygen atoms in total. The van der Waals surface area contributed by atoms with E-state index in [1.807, 2.05) is 13.0 Å². The zero-order valence-corrected chi connectivity index (χ0v) is 9.55. The van der Waals surface area contributed by atoms with Crippen molar-refractivity contribution in [3.8, 4) is 0 Å². The molecule has 0 aliphatic rings. The summed E-state index contributed by atoms with van der Waals surface area (Å²) in [4.78, 5) is 0. The third kappa shape index (κ3) is 2.65. The van der Waals surface area contributed by atoms with Crippen molar-refractivity contribution in [2.45, 2.75) is 25.9 Å². The van der Waals surface area contributed by atoms with Gasteiger partial charge in [-0.3, -0.25) is 0 Å². The number of aryl methyl sites for hydroxylation is 2. The minimum absolute atomic E-state index is 0.206. The molecule has 0 aliphatic heterocycles. The molecule has 1 heterocycles. The molecule has 1 unspecified atom stereocenters. The van der Waals surface area contributed by atoms with Crippen molar-refractivity contribution < 1.29 is 4.39 Å². The number of benzene rings is 1. The summed E-state index contributed by atoms with van der Waals surface area (Å²) in [6.07, 6.45) is 0.539. The van der Waals surface area contributed by atoms with Crippen LogP contribution in [0.1, 0.15) is 24.4 Å². The molecule has 0 amide bonds. The van der Waals surface area contributed by atoms with Crippen LogP contribution in [0.3, 0.4) is 0 Å². The minimum Gasteiger partial charge on any atom is -0.322 e. The number of hydrogen-bond acceptors (Lipinski definition) is 4. The molecule has 0 saturated carbocycles. The topological polar surface area (TPSA) is 69.6 Å². The van der Waals surface area contributed by atoms with Crippen molar-refractivity contribution in [2.75, 3.05) is 0 Å². The van der Waals surface area contributed by atoms with Crippen LogP contribution in [-0.4, -0.2) is 20.2 Å². The van der Waals surface area contributed by atoms with E-state index < -0.39 is 0 Å². The van der Waals surface area contributed by atoms with E-state index in [9.17, 15) is 4.39 Å². The molecule has 0 bridgehead atoms. The molecule has 2 aromatic rings. The van der Waals surface area contributed by atoms with Crippen LogP contribution in [0, 0.1) is 5.82 Å². The van der Waals surface area contributed by atoms with Gasteiger partial charge in [0.05, 0.1) is 6.04 Å². The fourth-order valence-corrected chi connectivity index (χ4v) is 1.62. The van der Waals surface area contributed by atoms with Gasteiger partial charge in [-0.05, 0) is 35.4 Å². The molecular weight excluding hydrogens is 221 g/mol. The highest BCUT2D eigenvalue weighted by Gasteiger charge is 2.10. The molecule has 1 aromatic carbocycles. The van der Waals surface area contributed by atoms with E-state index in [1.165, 1.54) is 6.07 Å². The summed E-state index contributed by atoms with van der Waals surface area (Å²) in [7, 11) is 0. The number of nitrogens with zero attached hydrogens (tertiary/aromatic N) is 4. The molecule has 2 N–H and O–H groups in total. The highest BCUT2D eigenvalue weighted by atomic mass is 19.1. The van der Waals surface area contributed by atoms with Gasteiger partial charge in [0, 0.05) is 6.54 Å². The van der Waals surface area contributed by atoms with E-state index in [2.05, 4.69) is 15.5 Å². The highest BCUT2D eigenvalue weighted by Crippen LogP contribution is 2.09. The molecule has 0 radical (unpaired) electrons. The Morgan fingerprint density at radius 2 is 2.18 bits per heavy atom. The quantitative estimate of drug-likeness (QED) is 0.860. The van der Waals surface area contributed by atoms with Crippen LogP contribution in [0.4, 0.5) is 4.39 Å². The second-order valence-electron chi connectivity index (χ2n) is 3.89. The normalized spacial score (nSPS) is 12.6. The summed E-state index contributed by atoms with van der Waals surface area (Å²) < 4.78 is 15.0. The van der Waals surface area contributed by atoms with Crippen LogP contribution < -0.4 is 5.73 Å².